The molecular formula is C22H18BClF3N3O4. The van der Waals surface area contributed by atoms with E-state index in [1.54, 1.807) is 13.9 Å². The molecule has 0 aromatic heterocycles. The van der Waals surface area contributed by atoms with Crippen LogP contribution in [0.2, 0.25) is 5.02 Å². The molecule has 0 saturated carbocycles. The van der Waals surface area contributed by atoms with Crippen LogP contribution in [0.5, 0.6) is 0 Å². The number of imide groups is 1. The van der Waals surface area contributed by atoms with Gasteiger partial charge in [-0.1, -0.05) is 23.7 Å². The number of amides is 4. The SMILES string of the molecule is B[C@]1(N2Cc3cc(CNC(=O)C(F)(F)c4ccc(Cl)cc4F)ccc3C2=O)CCC(=O)NC1=O. The summed E-state index contributed by atoms with van der Waals surface area (Å²) in [6.07, 6.45) is 0.277. The molecule has 2 N–H and O–H groups in total. The summed E-state index contributed by atoms with van der Waals surface area (Å²) in [5.74, 6) is -8.47. The largest absolute Gasteiger partial charge is 0.352 e. The lowest BCUT2D eigenvalue weighted by Gasteiger charge is -2.39. The van der Waals surface area contributed by atoms with E-state index in [-0.39, 0.29) is 36.9 Å². The molecule has 4 amide bonds. The van der Waals surface area contributed by atoms with Gasteiger partial charge >= 0.3 is 5.92 Å². The third kappa shape index (κ3) is 4.04. The van der Waals surface area contributed by atoms with Gasteiger partial charge < -0.3 is 10.2 Å². The van der Waals surface area contributed by atoms with Gasteiger partial charge in [0.15, 0.2) is 0 Å². The average Bonchev–Trinajstić information content (AvgIpc) is 3.11. The van der Waals surface area contributed by atoms with Crippen molar-refractivity contribution in [1.82, 2.24) is 15.5 Å². The first kappa shape index (κ1) is 23.8. The molecule has 4 rings (SSSR count). The topological polar surface area (TPSA) is 95.6 Å². The molecule has 176 valence electrons. The van der Waals surface area contributed by atoms with Crippen LogP contribution in [0.25, 0.3) is 0 Å². The highest BCUT2D eigenvalue weighted by Crippen LogP contribution is 2.34. The van der Waals surface area contributed by atoms with E-state index in [9.17, 15) is 32.3 Å². The summed E-state index contributed by atoms with van der Waals surface area (Å²) in [5.41, 5.74) is -0.972. The Kier molecular flexibility index (Phi) is 5.93. The quantitative estimate of drug-likeness (QED) is 0.491. The standard InChI is InChI=1S/C22H18BClF3N3O4/c23-21(6-5-17(31)29-19(21)33)30-10-12-7-11(1-3-14(12)18(30)32)9-28-20(34)22(26,27)15-4-2-13(24)8-16(15)25/h1-4,7-8H,5-6,9-10,23H2,(H,28,34)(H,29,31,33)/t21-/m0/s1. The summed E-state index contributed by atoms with van der Waals surface area (Å²) in [6, 6.07) is 7.07. The Bertz CT molecular complexity index is 1240. The van der Waals surface area contributed by atoms with Crippen LogP contribution in [0.4, 0.5) is 13.2 Å². The van der Waals surface area contributed by atoms with E-state index in [1.807, 2.05) is 0 Å². The third-order valence-corrected chi connectivity index (χ3v) is 6.39. The second-order valence-electron chi connectivity index (χ2n) is 8.42. The maximum atomic E-state index is 14.5. The Morgan fingerprint density at radius 1 is 1.21 bits per heavy atom. The maximum Gasteiger partial charge on any atom is 0.352 e. The number of alkyl halides is 2. The van der Waals surface area contributed by atoms with Gasteiger partial charge in [0.25, 0.3) is 11.8 Å². The number of hydrogen-bond acceptors (Lipinski definition) is 4. The van der Waals surface area contributed by atoms with Crippen molar-refractivity contribution in [2.24, 2.45) is 0 Å². The van der Waals surface area contributed by atoms with Crippen LogP contribution in [0.1, 0.15) is 39.9 Å². The van der Waals surface area contributed by atoms with Crippen LogP contribution in [-0.2, 0) is 33.4 Å². The number of rotatable bonds is 5. The van der Waals surface area contributed by atoms with Crippen molar-refractivity contribution in [1.29, 1.82) is 0 Å². The third-order valence-electron chi connectivity index (χ3n) is 6.16. The zero-order valence-electron chi connectivity index (χ0n) is 17.9. The zero-order chi connectivity index (χ0) is 24.8. The molecule has 0 radical (unpaired) electrons. The van der Waals surface area contributed by atoms with E-state index in [0.29, 0.717) is 22.8 Å². The van der Waals surface area contributed by atoms with Gasteiger partial charge in [-0.05, 0) is 41.8 Å². The Morgan fingerprint density at radius 3 is 2.62 bits per heavy atom. The Balaban J connectivity index is 1.47. The molecule has 7 nitrogen and oxygen atoms in total. The molecule has 2 aliphatic heterocycles. The fraction of sp³-hybridized carbons (Fsp3) is 0.273. The first-order chi connectivity index (χ1) is 15.9. The minimum absolute atomic E-state index is 0.0784. The second kappa shape index (κ2) is 8.46. The number of nitrogens with zero attached hydrogens (tertiary/aromatic N) is 1. The Labute approximate surface area is 198 Å². The van der Waals surface area contributed by atoms with Crippen LogP contribution < -0.4 is 10.6 Å². The summed E-state index contributed by atoms with van der Waals surface area (Å²) in [4.78, 5) is 50.3. The lowest BCUT2D eigenvalue weighted by Crippen LogP contribution is -2.63. The van der Waals surface area contributed by atoms with Gasteiger partial charge in [0, 0.05) is 30.1 Å². The molecule has 0 unspecified atom stereocenters. The molecule has 34 heavy (non-hydrogen) atoms. The van der Waals surface area contributed by atoms with Crippen molar-refractivity contribution in [2.75, 3.05) is 0 Å². The molecule has 2 heterocycles. The first-order valence-corrected chi connectivity index (χ1v) is 10.7. The van der Waals surface area contributed by atoms with Crippen LogP contribution >= 0.6 is 11.6 Å². The summed E-state index contributed by atoms with van der Waals surface area (Å²) in [6.45, 7) is -0.211. The first-order valence-electron chi connectivity index (χ1n) is 10.3. The molecule has 0 aliphatic carbocycles. The van der Waals surface area contributed by atoms with Crippen LogP contribution in [-0.4, -0.2) is 41.8 Å². The van der Waals surface area contributed by atoms with Gasteiger partial charge in [-0.25, -0.2) is 4.39 Å². The molecule has 1 saturated heterocycles. The fourth-order valence-corrected chi connectivity index (χ4v) is 4.25. The minimum atomic E-state index is -4.13. The molecule has 0 bridgehead atoms. The highest BCUT2D eigenvalue weighted by molar-refractivity contribution is 6.32. The predicted octanol–water partition coefficient (Wildman–Crippen LogP) is 1.61. The van der Waals surface area contributed by atoms with Gasteiger partial charge in [0.05, 0.1) is 11.0 Å². The van der Waals surface area contributed by atoms with Gasteiger partial charge in [0.2, 0.25) is 11.8 Å². The highest BCUT2D eigenvalue weighted by atomic mass is 35.5. The molecule has 0 spiro atoms. The van der Waals surface area contributed by atoms with Gasteiger partial charge in [-0.3, -0.25) is 24.5 Å². The van der Waals surface area contributed by atoms with Gasteiger partial charge in [-0.2, -0.15) is 8.78 Å². The van der Waals surface area contributed by atoms with E-state index in [2.05, 4.69) is 10.6 Å². The molecule has 2 aromatic rings. The summed E-state index contributed by atoms with van der Waals surface area (Å²) >= 11 is 5.58. The van der Waals surface area contributed by atoms with Crippen LogP contribution in [0.15, 0.2) is 36.4 Å². The maximum absolute atomic E-state index is 14.5. The molecular weight excluding hydrogens is 474 g/mol. The molecule has 12 heteroatoms. The van der Waals surface area contributed by atoms with Gasteiger partial charge in [0.1, 0.15) is 13.7 Å². The molecule has 2 aliphatic rings. The highest BCUT2D eigenvalue weighted by Gasteiger charge is 2.48. The van der Waals surface area contributed by atoms with Crippen molar-refractivity contribution in [3.63, 3.8) is 0 Å². The summed E-state index contributed by atoms with van der Waals surface area (Å²) in [5, 5.41) is 4.26. The average molecular weight is 492 g/mol. The number of carbonyl (C=O) groups excluding carboxylic acids is 4. The van der Waals surface area contributed by atoms with Crippen molar-refractivity contribution in [3.8, 4) is 0 Å². The number of halogens is 4. The smallest absolute Gasteiger partial charge is 0.346 e. The van der Waals surface area contributed by atoms with E-state index in [0.717, 1.165) is 12.1 Å². The van der Waals surface area contributed by atoms with Gasteiger partial charge in [-0.15, -0.1) is 0 Å². The van der Waals surface area contributed by atoms with Crippen molar-refractivity contribution in [3.05, 3.63) is 69.5 Å². The monoisotopic (exact) mass is 491 g/mol. The Morgan fingerprint density at radius 2 is 1.94 bits per heavy atom. The number of nitrogens with one attached hydrogen (secondary N) is 2. The number of hydrogen-bond donors (Lipinski definition) is 2. The van der Waals surface area contributed by atoms with E-state index in [1.165, 1.54) is 17.0 Å². The number of benzene rings is 2. The minimum Gasteiger partial charge on any atom is -0.346 e. The fourth-order valence-electron chi connectivity index (χ4n) is 4.09. The van der Waals surface area contributed by atoms with Crippen molar-refractivity contribution >= 4 is 43.1 Å². The lowest BCUT2D eigenvalue weighted by molar-refractivity contribution is -0.147. The van der Waals surface area contributed by atoms with Crippen molar-refractivity contribution < 1.29 is 32.3 Å². The number of piperidine rings is 1. The zero-order valence-corrected chi connectivity index (χ0v) is 18.6. The second-order valence-corrected chi connectivity index (χ2v) is 8.85. The number of carbonyl (C=O) groups is 4. The normalized spacial score (nSPS) is 20.2. The lowest BCUT2D eigenvalue weighted by atomic mass is 9.70. The molecule has 1 atom stereocenters. The van der Waals surface area contributed by atoms with E-state index in [4.69, 9.17) is 11.6 Å². The summed E-state index contributed by atoms with van der Waals surface area (Å²) < 4.78 is 42.8. The predicted molar refractivity (Wildman–Crippen MR) is 117 cm³/mol. The van der Waals surface area contributed by atoms with E-state index >= 15 is 0 Å². The molecule has 2 aromatic carbocycles. The Hall–Kier alpha value is -3.34. The van der Waals surface area contributed by atoms with Crippen LogP contribution in [0.3, 0.4) is 0 Å². The number of fused-ring (bicyclic) bond motifs is 1. The summed E-state index contributed by atoms with van der Waals surface area (Å²) in [7, 11) is 1.58. The van der Waals surface area contributed by atoms with E-state index < -0.39 is 40.5 Å². The molecule has 1 fully saturated rings. The van der Waals surface area contributed by atoms with Crippen LogP contribution in [0, 0.1) is 5.82 Å². The van der Waals surface area contributed by atoms with Crippen molar-refractivity contribution in [2.45, 2.75) is 37.3 Å².